The van der Waals surface area contributed by atoms with Crippen LogP contribution in [0, 0.1) is 13.8 Å². The van der Waals surface area contributed by atoms with E-state index in [0.717, 1.165) is 48.0 Å². The third kappa shape index (κ3) is 9.00. The van der Waals surface area contributed by atoms with Crippen LogP contribution in [0.1, 0.15) is 30.2 Å². The van der Waals surface area contributed by atoms with Gasteiger partial charge in [0.25, 0.3) is 0 Å². The van der Waals surface area contributed by atoms with Gasteiger partial charge in [-0.25, -0.2) is 4.99 Å². The molecular formula is C18H33IN4O3. The van der Waals surface area contributed by atoms with Crippen LogP contribution in [0.2, 0.25) is 0 Å². The monoisotopic (exact) mass is 480 g/mol. The van der Waals surface area contributed by atoms with E-state index < -0.39 is 0 Å². The predicted molar refractivity (Wildman–Crippen MR) is 116 cm³/mol. The van der Waals surface area contributed by atoms with Crippen molar-refractivity contribution in [3.05, 3.63) is 23.0 Å². The highest BCUT2D eigenvalue weighted by Crippen LogP contribution is 2.24. The van der Waals surface area contributed by atoms with E-state index in [0.29, 0.717) is 26.4 Å². The fraction of sp³-hybridized carbons (Fsp3) is 0.667. The zero-order valence-electron chi connectivity index (χ0n) is 16.6. The van der Waals surface area contributed by atoms with Crippen molar-refractivity contribution in [3.8, 4) is 5.75 Å². The van der Waals surface area contributed by atoms with Crippen molar-refractivity contribution in [2.45, 2.75) is 33.7 Å². The smallest absolute Gasteiger partial charge is 0.191 e. The molecule has 8 heteroatoms. The molecule has 0 atom stereocenters. The number of hydrogen-bond donors (Lipinski definition) is 2. The Labute approximate surface area is 174 Å². The zero-order valence-corrected chi connectivity index (χ0v) is 18.9. The van der Waals surface area contributed by atoms with Crippen LogP contribution in [0.5, 0.6) is 5.75 Å². The molecule has 0 bridgehead atoms. The van der Waals surface area contributed by atoms with Crippen molar-refractivity contribution in [1.82, 2.24) is 15.6 Å². The van der Waals surface area contributed by atoms with Crippen molar-refractivity contribution in [2.75, 3.05) is 47.1 Å². The average molecular weight is 480 g/mol. The predicted octanol–water partition coefficient (Wildman–Crippen LogP) is 2.43. The van der Waals surface area contributed by atoms with Crippen LogP contribution in [0.3, 0.4) is 0 Å². The minimum absolute atomic E-state index is 0. The van der Waals surface area contributed by atoms with Crippen LogP contribution < -0.4 is 15.4 Å². The minimum Gasteiger partial charge on any atom is -0.496 e. The van der Waals surface area contributed by atoms with Crippen molar-refractivity contribution < 1.29 is 14.2 Å². The number of hydrogen-bond acceptors (Lipinski definition) is 5. The van der Waals surface area contributed by atoms with Gasteiger partial charge in [-0.05, 0) is 27.2 Å². The Morgan fingerprint density at radius 2 is 1.92 bits per heavy atom. The number of rotatable bonds is 11. The van der Waals surface area contributed by atoms with E-state index in [1.807, 2.05) is 27.0 Å². The molecule has 1 aromatic heterocycles. The molecule has 0 aliphatic rings. The van der Waals surface area contributed by atoms with Gasteiger partial charge in [-0.3, -0.25) is 4.98 Å². The number of aliphatic imine (C=N–C) groups is 1. The van der Waals surface area contributed by atoms with E-state index in [9.17, 15) is 0 Å². The standard InChI is InChI=1S/C18H32N4O3.HI/c1-6-19-18(20-8-7-9-25-11-10-23-4)22-13-16-15(3)17(24-5)14(2)12-21-16;/h12H,6-11,13H2,1-5H3,(H2,19,20,22);1H. The lowest BCUT2D eigenvalue weighted by atomic mass is 10.1. The summed E-state index contributed by atoms with van der Waals surface area (Å²) in [5.74, 6) is 1.66. The zero-order chi connectivity index (χ0) is 18.5. The third-order valence-corrected chi connectivity index (χ3v) is 3.67. The molecule has 1 aromatic rings. The number of nitrogens with one attached hydrogen (secondary N) is 2. The van der Waals surface area contributed by atoms with E-state index in [1.54, 1.807) is 14.2 Å². The van der Waals surface area contributed by atoms with Gasteiger partial charge in [0.1, 0.15) is 5.75 Å². The van der Waals surface area contributed by atoms with Gasteiger partial charge in [-0.2, -0.15) is 0 Å². The lowest BCUT2D eigenvalue weighted by Crippen LogP contribution is -2.38. The highest BCUT2D eigenvalue weighted by molar-refractivity contribution is 14.0. The number of guanidine groups is 1. The molecule has 0 radical (unpaired) electrons. The molecule has 0 fully saturated rings. The number of halogens is 1. The molecule has 0 amide bonds. The van der Waals surface area contributed by atoms with Crippen molar-refractivity contribution >= 4 is 29.9 Å². The quantitative estimate of drug-likeness (QED) is 0.219. The first kappa shape index (κ1) is 24.9. The normalized spacial score (nSPS) is 11.0. The van der Waals surface area contributed by atoms with Crippen LogP contribution in [-0.2, 0) is 16.0 Å². The maximum Gasteiger partial charge on any atom is 0.191 e. The Morgan fingerprint density at radius 1 is 1.15 bits per heavy atom. The highest BCUT2D eigenvalue weighted by atomic mass is 127. The van der Waals surface area contributed by atoms with Crippen molar-refractivity contribution in [2.24, 2.45) is 4.99 Å². The minimum atomic E-state index is 0. The van der Waals surface area contributed by atoms with E-state index in [4.69, 9.17) is 14.2 Å². The van der Waals surface area contributed by atoms with Gasteiger partial charge in [0, 0.05) is 44.1 Å². The lowest BCUT2D eigenvalue weighted by Gasteiger charge is -2.13. The van der Waals surface area contributed by atoms with Crippen molar-refractivity contribution in [3.63, 3.8) is 0 Å². The van der Waals surface area contributed by atoms with E-state index in [-0.39, 0.29) is 24.0 Å². The molecule has 0 spiro atoms. The molecule has 2 N–H and O–H groups in total. The summed E-state index contributed by atoms with van der Waals surface area (Å²) in [7, 11) is 3.35. The second kappa shape index (κ2) is 15.0. The summed E-state index contributed by atoms with van der Waals surface area (Å²) in [6, 6.07) is 0. The average Bonchev–Trinajstić information content (AvgIpc) is 2.60. The van der Waals surface area contributed by atoms with Gasteiger partial charge in [0.05, 0.1) is 32.6 Å². The highest BCUT2D eigenvalue weighted by Gasteiger charge is 2.09. The molecule has 0 saturated heterocycles. The summed E-state index contributed by atoms with van der Waals surface area (Å²) in [6.07, 6.45) is 2.73. The first-order chi connectivity index (χ1) is 12.1. The van der Waals surface area contributed by atoms with Crippen LogP contribution >= 0.6 is 24.0 Å². The Kier molecular flexibility index (Phi) is 14.3. The van der Waals surface area contributed by atoms with Gasteiger partial charge < -0.3 is 24.8 Å². The van der Waals surface area contributed by atoms with E-state index in [2.05, 4.69) is 20.6 Å². The second-order valence-electron chi connectivity index (χ2n) is 5.63. The summed E-state index contributed by atoms with van der Waals surface area (Å²) in [4.78, 5) is 9.09. The van der Waals surface area contributed by atoms with E-state index >= 15 is 0 Å². The summed E-state index contributed by atoms with van der Waals surface area (Å²) < 4.78 is 15.8. The number of aromatic nitrogens is 1. The molecule has 0 aromatic carbocycles. The van der Waals surface area contributed by atoms with Crippen LogP contribution in [0.4, 0.5) is 0 Å². The van der Waals surface area contributed by atoms with Crippen LogP contribution in [0.15, 0.2) is 11.2 Å². The summed E-state index contributed by atoms with van der Waals surface area (Å²) in [5.41, 5.74) is 2.99. The van der Waals surface area contributed by atoms with Gasteiger partial charge in [0.2, 0.25) is 0 Å². The fourth-order valence-corrected chi connectivity index (χ4v) is 2.35. The fourth-order valence-electron chi connectivity index (χ4n) is 2.35. The number of nitrogens with zero attached hydrogens (tertiary/aromatic N) is 2. The van der Waals surface area contributed by atoms with Crippen LogP contribution in [-0.4, -0.2) is 58.1 Å². The molecule has 1 heterocycles. The molecule has 26 heavy (non-hydrogen) atoms. The lowest BCUT2D eigenvalue weighted by molar-refractivity contribution is 0.0698. The number of pyridine rings is 1. The largest absolute Gasteiger partial charge is 0.496 e. The summed E-state index contributed by atoms with van der Waals surface area (Å²) >= 11 is 0. The summed E-state index contributed by atoms with van der Waals surface area (Å²) in [5, 5.41) is 6.55. The van der Waals surface area contributed by atoms with Crippen molar-refractivity contribution in [1.29, 1.82) is 0 Å². The molecule has 1 rings (SSSR count). The molecule has 0 saturated carbocycles. The van der Waals surface area contributed by atoms with Gasteiger partial charge in [-0.15, -0.1) is 24.0 Å². The molecular weight excluding hydrogens is 447 g/mol. The number of methoxy groups -OCH3 is 2. The maximum atomic E-state index is 5.45. The van der Waals surface area contributed by atoms with E-state index in [1.165, 1.54) is 0 Å². The Hall–Kier alpha value is -1.13. The molecule has 0 unspecified atom stereocenters. The number of ether oxygens (including phenoxy) is 3. The van der Waals surface area contributed by atoms with Crippen LogP contribution in [0.25, 0.3) is 0 Å². The molecule has 150 valence electrons. The molecule has 0 aliphatic carbocycles. The SMILES string of the molecule is CCNC(=NCc1ncc(C)c(OC)c1C)NCCCOCCOC.I. The first-order valence-electron chi connectivity index (χ1n) is 8.71. The number of aryl methyl sites for hydroxylation is 1. The topological polar surface area (TPSA) is 77.0 Å². The Balaban J connectivity index is 0.00000625. The maximum absolute atomic E-state index is 5.45. The van der Waals surface area contributed by atoms with Gasteiger partial charge in [0.15, 0.2) is 5.96 Å². The summed E-state index contributed by atoms with van der Waals surface area (Å²) in [6.45, 7) is 10.1. The Bertz CT molecular complexity index is 541. The van der Waals surface area contributed by atoms with Gasteiger partial charge in [-0.1, -0.05) is 0 Å². The third-order valence-electron chi connectivity index (χ3n) is 3.67. The second-order valence-corrected chi connectivity index (χ2v) is 5.63. The van der Waals surface area contributed by atoms with Gasteiger partial charge >= 0.3 is 0 Å². The Morgan fingerprint density at radius 3 is 2.58 bits per heavy atom. The molecule has 7 nitrogen and oxygen atoms in total. The molecule has 0 aliphatic heterocycles. The first-order valence-corrected chi connectivity index (χ1v) is 8.71.